The van der Waals surface area contributed by atoms with Gasteiger partial charge in [0.25, 0.3) is 0 Å². The van der Waals surface area contributed by atoms with Crippen LogP contribution in [0, 0.1) is 16.7 Å². The molecule has 1 spiro atoms. The molecule has 2 saturated carbocycles. The number of carbonyl (C=O) groups excluding carboxylic acids is 2. The Kier molecular flexibility index (Phi) is 4.77. The zero-order chi connectivity index (χ0) is 20.9. The SMILES string of the molecule is CN(C)C(=O)[C@@]1(Cc2ccc(-c3ccsc3)cc2)CCN(C(=O)[C@@H]2CC23CCC3)C1. The Balaban J connectivity index is 1.33. The minimum atomic E-state index is -0.509. The number of benzene rings is 1. The zero-order valence-electron chi connectivity index (χ0n) is 17.9. The number of hydrogen-bond donors (Lipinski definition) is 0. The van der Waals surface area contributed by atoms with Crippen LogP contribution in [-0.4, -0.2) is 48.8 Å². The van der Waals surface area contributed by atoms with Gasteiger partial charge >= 0.3 is 0 Å². The molecule has 0 N–H and O–H groups in total. The molecular formula is C25H30N2O2S. The molecule has 3 aliphatic rings. The van der Waals surface area contributed by atoms with Crippen molar-refractivity contribution in [1.82, 2.24) is 9.80 Å². The Morgan fingerprint density at radius 2 is 1.87 bits per heavy atom. The van der Waals surface area contributed by atoms with Crippen molar-refractivity contribution >= 4 is 23.2 Å². The summed E-state index contributed by atoms with van der Waals surface area (Å²) in [5.74, 6) is 0.672. The molecule has 0 bridgehead atoms. The summed E-state index contributed by atoms with van der Waals surface area (Å²) in [5, 5.41) is 4.24. The Morgan fingerprint density at radius 1 is 1.10 bits per heavy atom. The molecule has 2 aromatic rings. The molecule has 5 rings (SSSR count). The predicted octanol–water partition coefficient (Wildman–Crippen LogP) is 4.45. The first-order valence-electron chi connectivity index (χ1n) is 11.0. The largest absolute Gasteiger partial charge is 0.348 e. The molecule has 2 amide bonds. The van der Waals surface area contributed by atoms with Crippen molar-refractivity contribution < 1.29 is 9.59 Å². The van der Waals surface area contributed by atoms with E-state index in [1.54, 1.807) is 16.2 Å². The molecule has 30 heavy (non-hydrogen) atoms. The van der Waals surface area contributed by atoms with Gasteiger partial charge in [-0.2, -0.15) is 11.3 Å². The number of hydrogen-bond acceptors (Lipinski definition) is 3. The summed E-state index contributed by atoms with van der Waals surface area (Å²) >= 11 is 1.70. The lowest BCUT2D eigenvalue weighted by Gasteiger charge is -2.32. The van der Waals surface area contributed by atoms with Gasteiger partial charge in [0.15, 0.2) is 0 Å². The van der Waals surface area contributed by atoms with Crippen LogP contribution in [0.3, 0.4) is 0 Å². The molecule has 3 fully saturated rings. The average Bonchev–Trinajstić information content (AvgIpc) is 3.05. The molecule has 1 aliphatic heterocycles. The lowest BCUT2D eigenvalue weighted by Crippen LogP contribution is -2.45. The quantitative estimate of drug-likeness (QED) is 0.714. The fourth-order valence-corrected chi connectivity index (χ4v) is 6.33. The summed E-state index contributed by atoms with van der Waals surface area (Å²) in [4.78, 5) is 30.1. The fourth-order valence-electron chi connectivity index (χ4n) is 5.66. The minimum Gasteiger partial charge on any atom is -0.348 e. The van der Waals surface area contributed by atoms with Crippen molar-refractivity contribution in [1.29, 1.82) is 0 Å². The van der Waals surface area contributed by atoms with Crippen molar-refractivity contribution in [3.63, 3.8) is 0 Å². The van der Waals surface area contributed by atoms with Gasteiger partial charge in [-0.25, -0.2) is 0 Å². The number of amides is 2. The zero-order valence-corrected chi connectivity index (χ0v) is 18.7. The first kappa shape index (κ1) is 19.8. The second-order valence-corrected chi connectivity index (χ2v) is 10.6. The van der Waals surface area contributed by atoms with Crippen molar-refractivity contribution in [2.75, 3.05) is 27.2 Å². The topological polar surface area (TPSA) is 40.6 Å². The molecule has 0 unspecified atom stereocenters. The van der Waals surface area contributed by atoms with Gasteiger partial charge in [0.05, 0.1) is 5.41 Å². The van der Waals surface area contributed by atoms with Gasteiger partial charge in [-0.1, -0.05) is 30.7 Å². The highest BCUT2D eigenvalue weighted by atomic mass is 32.1. The van der Waals surface area contributed by atoms with E-state index in [4.69, 9.17) is 0 Å². The highest BCUT2D eigenvalue weighted by Crippen LogP contribution is 2.66. The van der Waals surface area contributed by atoms with E-state index < -0.39 is 5.41 Å². The third-order valence-electron chi connectivity index (χ3n) is 7.71. The summed E-state index contributed by atoms with van der Waals surface area (Å²) < 4.78 is 0. The van der Waals surface area contributed by atoms with Crippen LogP contribution in [0.4, 0.5) is 0 Å². The van der Waals surface area contributed by atoms with Crippen LogP contribution in [0.15, 0.2) is 41.1 Å². The lowest BCUT2D eigenvalue weighted by molar-refractivity contribution is -0.140. The number of rotatable bonds is 5. The van der Waals surface area contributed by atoms with Gasteiger partial charge in [0, 0.05) is 33.1 Å². The van der Waals surface area contributed by atoms with Crippen LogP contribution in [-0.2, 0) is 16.0 Å². The van der Waals surface area contributed by atoms with Gasteiger partial charge in [-0.3, -0.25) is 9.59 Å². The van der Waals surface area contributed by atoms with Crippen LogP contribution in [0.25, 0.3) is 11.1 Å². The van der Waals surface area contributed by atoms with E-state index in [1.807, 2.05) is 19.0 Å². The van der Waals surface area contributed by atoms with E-state index in [1.165, 1.54) is 36.0 Å². The van der Waals surface area contributed by atoms with E-state index in [2.05, 4.69) is 41.1 Å². The summed E-state index contributed by atoms with van der Waals surface area (Å²) in [6, 6.07) is 10.7. The molecule has 158 valence electrons. The van der Waals surface area contributed by atoms with E-state index in [9.17, 15) is 9.59 Å². The van der Waals surface area contributed by atoms with Gasteiger partial charge in [-0.15, -0.1) is 0 Å². The van der Waals surface area contributed by atoms with Crippen LogP contribution in [0.1, 0.15) is 37.7 Å². The number of thiophene rings is 1. The maximum Gasteiger partial charge on any atom is 0.230 e. The Bertz CT molecular complexity index is 946. The number of carbonyl (C=O) groups is 2. The van der Waals surface area contributed by atoms with Crippen LogP contribution < -0.4 is 0 Å². The van der Waals surface area contributed by atoms with Gasteiger partial charge in [0.2, 0.25) is 11.8 Å². The third kappa shape index (κ3) is 3.27. The van der Waals surface area contributed by atoms with Crippen molar-refractivity contribution in [3.05, 3.63) is 46.7 Å². The fraction of sp³-hybridized carbons (Fsp3) is 0.520. The lowest BCUT2D eigenvalue weighted by atomic mass is 9.79. The summed E-state index contributed by atoms with van der Waals surface area (Å²) in [5.41, 5.74) is 3.43. The molecule has 2 atom stereocenters. The van der Waals surface area contributed by atoms with Crippen LogP contribution in [0.5, 0.6) is 0 Å². The van der Waals surface area contributed by atoms with Gasteiger partial charge < -0.3 is 9.80 Å². The molecule has 2 heterocycles. The molecule has 2 aliphatic carbocycles. The van der Waals surface area contributed by atoms with Crippen LogP contribution >= 0.6 is 11.3 Å². The van der Waals surface area contributed by atoms with E-state index in [0.717, 1.165) is 12.8 Å². The summed E-state index contributed by atoms with van der Waals surface area (Å²) in [6.45, 7) is 1.26. The van der Waals surface area contributed by atoms with E-state index in [0.29, 0.717) is 30.8 Å². The Morgan fingerprint density at radius 3 is 2.43 bits per heavy atom. The molecule has 4 nitrogen and oxygen atoms in total. The van der Waals surface area contributed by atoms with E-state index in [-0.39, 0.29) is 11.8 Å². The highest BCUT2D eigenvalue weighted by Gasteiger charge is 2.62. The van der Waals surface area contributed by atoms with Gasteiger partial charge in [0.1, 0.15) is 0 Å². The van der Waals surface area contributed by atoms with Crippen LogP contribution in [0.2, 0.25) is 0 Å². The normalized spacial score (nSPS) is 26.5. The first-order chi connectivity index (χ1) is 14.4. The number of likely N-dealkylation sites (tertiary alicyclic amines) is 1. The summed E-state index contributed by atoms with van der Waals surface area (Å²) in [6.07, 6.45) is 6.22. The molecular weight excluding hydrogens is 392 g/mol. The highest BCUT2D eigenvalue weighted by molar-refractivity contribution is 7.08. The first-order valence-corrected chi connectivity index (χ1v) is 12.0. The molecule has 0 radical (unpaired) electrons. The van der Waals surface area contributed by atoms with E-state index >= 15 is 0 Å². The smallest absolute Gasteiger partial charge is 0.230 e. The second kappa shape index (κ2) is 7.23. The van der Waals surface area contributed by atoms with Crippen molar-refractivity contribution in [3.8, 4) is 11.1 Å². The average molecular weight is 423 g/mol. The van der Waals surface area contributed by atoms with Gasteiger partial charge in [-0.05, 0) is 71.0 Å². The Hall–Kier alpha value is -2.14. The predicted molar refractivity (Wildman–Crippen MR) is 120 cm³/mol. The second-order valence-electron chi connectivity index (χ2n) is 9.85. The maximum atomic E-state index is 13.3. The Labute approximate surface area is 182 Å². The van der Waals surface area contributed by atoms with Crippen molar-refractivity contribution in [2.24, 2.45) is 16.7 Å². The standard InChI is InChI=1S/C25H30N2O2S/c1-26(2)23(29)25(14-18-4-6-19(7-5-18)20-8-13-30-16-20)11-12-27(17-25)22(28)21-15-24(21)9-3-10-24/h4-8,13,16,21H,3,9-12,14-15,17H2,1-2H3/t21-,25+/m0/s1. The third-order valence-corrected chi connectivity index (χ3v) is 8.40. The molecule has 5 heteroatoms. The van der Waals surface area contributed by atoms with Crippen molar-refractivity contribution in [2.45, 2.75) is 38.5 Å². The molecule has 1 aromatic heterocycles. The maximum absolute atomic E-state index is 13.3. The number of nitrogens with zero attached hydrogens (tertiary/aromatic N) is 2. The monoisotopic (exact) mass is 422 g/mol. The minimum absolute atomic E-state index is 0.147. The summed E-state index contributed by atoms with van der Waals surface area (Å²) in [7, 11) is 3.66. The molecule has 1 aromatic carbocycles. The molecule has 1 saturated heterocycles.